The highest BCUT2D eigenvalue weighted by Crippen LogP contribution is 2.00. The minimum atomic E-state index is -0.0845. The average Bonchev–Trinajstić information content (AvgIpc) is 2.05. The van der Waals surface area contributed by atoms with E-state index in [-0.39, 0.29) is 6.04 Å². The van der Waals surface area contributed by atoms with Gasteiger partial charge in [-0.3, -0.25) is 0 Å². The Kier molecular flexibility index (Phi) is 2.83. The maximum atomic E-state index is 10.3. The van der Waals surface area contributed by atoms with Gasteiger partial charge in [0.1, 0.15) is 6.29 Å². The molecule has 0 aliphatic carbocycles. The lowest BCUT2D eigenvalue weighted by Crippen LogP contribution is -2.49. The molecule has 2 atom stereocenters. The number of hydrogen-bond acceptors (Lipinski definition) is 3. The quantitative estimate of drug-likeness (QED) is 0.551. The van der Waals surface area contributed by atoms with Crippen molar-refractivity contribution in [3.05, 3.63) is 0 Å². The van der Waals surface area contributed by atoms with Gasteiger partial charge in [0.2, 0.25) is 0 Å². The van der Waals surface area contributed by atoms with Crippen LogP contribution >= 0.6 is 0 Å². The number of nitrogens with one attached hydrogen (secondary N) is 1. The topological polar surface area (TPSA) is 38.3 Å². The first-order chi connectivity index (χ1) is 4.86. The number of morpholine rings is 1. The van der Waals surface area contributed by atoms with Crippen LogP contribution in [0.2, 0.25) is 0 Å². The Balaban J connectivity index is 2.31. The van der Waals surface area contributed by atoms with Gasteiger partial charge < -0.3 is 14.8 Å². The van der Waals surface area contributed by atoms with Gasteiger partial charge in [-0.15, -0.1) is 0 Å². The Bertz CT molecular complexity index is 116. The monoisotopic (exact) mass is 143 g/mol. The lowest BCUT2D eigenvalue weighted by molar-refractivity contribution is -0.112. The zero-order valence-corrected chi connectivity index (χ0v) is 6.17. The molecular formula is C7H13NO2. The summed E-state index contributed by atoms with van der Waals surface area (Å²) in [4.78, 5) is 10.3. The van der Waals surface area contributed by atoms with Crippen molar-refractivity contribution >= 4 is 6.29 Å². The van der Waals surface area contributed by atoms with Crippen LogP contribution < -0.4 is 5.32 Å². The summed E-state index contributed by atoms with van der Waals surface area (Å²) in [5.74, 6) is 0. The molecule has 1 saturated heterocycles. The first-order valence-electron chi connectivity index (χ1n) is 3.66. The Hall–Kier alpha value is -0.410. The van der Waals surface area contributed by atoms with Gasteiger partial charge in [0.05, 0.1) is 19.3 Å². The number of hydrogen-bond donors (Lipinski definition) is 1. The average molecular weight is 143 g/mol. The predicted octanol–water partition coefficient (Wildman–Crippen LogP) is -0.0477. The standard InChI is InChI=1S/C7H13NO2/c1-2-6-4-10-5-7(3-9)8-6/h3,6-8H,2,4-5H2,1H3/t6-,7?/m1/s1. The van der Waals surface area contributed by atoms with Gasteiger partial charge in [0, 0.05) is 6.04 Å². The van der Waals surface area contributed by atoms with Crippen LogP contribution in [0.25, 0.3) is 0 Å². The molecule has 10 heavy (non-hydrogen) atoms. The lowest BCUT2D eigenvalue weighted by atomic mass is 10.2. The summed E-state index contributed by atoms with van der Waals surface area (Å²) in [5.41, 5.74) is 0. The van der Waals surface area contributed by atoms with Crippen LogP contribution in [0.3, 0.4) is 0 Å². The van der Waals surface area contributed by atoms with Crippen LogP contribution in [0.5, 0.6) is 0 Å². The summed E-state index contributed by atoms with van der Waals surface area (Å²) in [6, 6.07) is 0.280. The molecule has 1 N–H and O–H groups in total. The first kappa shape index (κ1) is 7.69. The number of rotatable bonds is 2. The van der Waals surface area contributed by atoms with Crippen LogP contribution in [0.15, 0.2) is 0 Å². The summed E-state index contributed by atoms with van der Waals surface area (Å²) in [7, 11) is 0. The molecule has 3 heteroatoms. The van der Waals surface area contributed by atoms with Gasteiger partial charge in [0.25, 0.3) is 0 Å². The minimum absolute atomic E-state index is 0.0845. The molecule has 1 rings (SSSR count). The molecular weight excluding hydrogens is 130 g/mol. The van der Waals surface area contributed by atoms with E-state index in [1.54, 1.807) is 0 Å². The number of aldehydes is 1. The van der Waals surface area contributed by atoms with E-state index in [1.165, 1.54) is 0 Å². The molecule has 0 aromatic heterocycles. The van der Waals surface area contributed by atoms with E-state index in [1.807, 2.05) is 0 Å². The van der Waals surface area contributed by atoms with Gasteiger partial charge in [0.15, 0.2) is 0 Å². The highest BCUT2D eigenvalue weighted by atomic mass is 16.5. The Morgan fingerprint density at radius 3 is 3.10 bits per heavy atom. The van der Waals surface area contributed by atoms with Crippen molar-refractivity contribution in [1.82, 2.24) is 5.32 Å². The molecule has 0 radical (unpaired) electrons. The Morgan fingerprint density at radius 1 is 1.70 bits per heavy atom. The van der Waals surface area contributed by atoms with E-state index in [4.69, 9.17) is 4.74 Å². The number of carbonyl (C=O) groups excluding carboxylic acids is 1. The van der Waals surface area contributed by atoms with E-state index in [0.29, 0.717) is 12.6 Å². The fraction of sp³-hybridized carbons (Fsp3) is 0.857. The third kappa shape index (κ3) is 1.78. The molecule has 1 fully saturated rings. The maximum Gasteiger partial charge on any atom is 0.139 e. The van der Waals surface area contributed by atoms with Gasteiger partial charge in [-0.1, -0.05) is 6.92 Å². The van der Waals surface area contributed by atoms with E-state index >= 15 is 0 Å². The third-order valence-electron chi connectivity index (χ3n) is 1.72. The van der Waals surface area contributed by atoms with Crippen LogP contribution in [0, 0.1) is 0 Å². The maximum absolute atomic E-state index is 10.3. The van der Waals surface area contributed by atoms with E-state index < -0.39 is 0 Å². The normalized spacial score (nSPS) is 33.7. The van der Waals surface area contributed by atoms with Crippen LogP contribution in [0.1, 0.15) is 13.3 Å². The van der Waals surface area contributed by atoms with E-state index in [0.717, 1.165) is 19.3 Å². The fourth-order valence-corrected chi connectivity index (χ4v) is 1.05. The van der Waals surface area contributed by atoms with Crippen molar-refractivity contribution in [3.63, 3.8) is 0 Å². The number of ether oxygens (including phenoxy) is 1. The summed E-state index contributed by atoms with van der Waals surface area (Å²) in [6.45, 7) is 3.34. The Labute approximate surface area is 60.7 Å². The fourth-order valence-electron chi connectivity index (χ4n) is 1.05. The van der Waals surface area contributed by atoms with E-state index in [2.05, 4.69) is 12.2 Å². The van der Waals surface area contributed by atoms with E-state index in [9.17, 15) is 4.79 Å². The smallest absolute Gasteiger partial charge is 0.139 e. The largest absolute Gasteiger partial charge is 0.378 e. The summed E-state index contributed by atoms with van der Waals surface area (Å²) in [6.07, 6.45) is 1.92. The molecule has 0 bridgehead atoms. The zero-order valence-electron chi connectivity index (χ0n) is 6.17. The van der Waals surface area contributed by atoms with Crippen molar-refractivity contribution in [3.8, 4) is 0 Å². The second-order valence-corrected chi connectivity index (χ2v) is 2.55. The Morgan fingerprint density at radius 2 is 2.50 bits per heavy atom. The van der Waals surface area contributed by atoms with Gasteiger partial charge >= 0.3 is 0 Å². The highest BCUT2D eigenvalue weighted by molar-refractivity contribution is 5.57. The second-order valence-electron chi connectivity index (χ2n) is 2.55. The van der Waals surface area contributed by atoms with Gasteiger partial charge in [-0.2, -0.15) is 0 Å². The van der Waals surface area contributed by atoms with Crippen molar-refractivity contribution in [1.29, 1.82) is 0 Å². The predicted molar refractivity (Wildman–Crippen MR) is 37.9 cm³/mol. The van der Waals surface area contributed by atoms with Crippen molar-refractivity contribution < 1.29 is 9.53 Å². The molecule has 0 spiro atoms. The molecule has 1 unspecified atom stereocenters. The van der Waals surface area contributed by atoms with Gasteiger partial charge in [-0.05, 0) is 6.42 Å². The SMILES string of the molecule is CC[C@@H]1COCC(C=O)N1. The van der Waals surface area contributed by atoms with Crippen LogP contribution in [-0.2, 0) is 9.53 Å². The molecule has 0 aromatic carbocycles. The third-order valence-corrected chi connectivity index (χ3v) is 1.72. The lowest BCUT2D eigenvalue weighted by Gasteiger charge is -2.26. The highest BCUT2D eigenvalue weighted by Gasteiger charge is 2.18. The summed E-state index contributed by atoms with van der Waals surface area (Å²) < 4.78 is 5.18. The first-order valence-corrected chi connectivity index (χ1v) is 3.66. The molecule has 0 saturated carbocycles. The summed E-state index contributed by atoms with van der Waals surface area (Å²) >= 11 is 0. The van der Waals surface area contributed by atoms with Crippen molar-refractivity contribution in [2.75, 3.05) is 13.2 Å². The van der Waals surface area contributed by atoms with Crippen LogP contribution in [0.4, 0.5) is 0 Å². The summed E-state index contributed by atoms with van der Waals surface area (Å²) in [5, 5.41) is 3.16. The molecule has 1 heterocycles. The zero-order chi connectivity index (χ0) is 7.40. The van der Waals surface area contributed by atoms with Crippen molar-refractivity contribution in [2.45, 2.75) is 25.4 Å². The number of carbonyl (C=O) groups is 1. The molecule has 0 amide bonds. The van der Waals surface area contributed by atoms with Gasteiger partial charge in [-0.25, -0.2) is 0 Å². The second kappa shape index (κ2) is 3.68. The molecule has 58 valence electrons. The van der Waals surface area contributed by atoms with Crippen LogP contribution in [-0.4, -0.2) is 31.6 Å². The molecule has 1 aliphatic rings. The molecule has 3 nitrogen and oxygen atoms in total. The minimum Gasteiger partial charge on any atom is -0.378 e. The molecule has 1 aliphatic heterocycles. The van der Waals surface area contributed by atoms with Crippen molar-refractivity contribution in [2.24, 2.45) is 0 Å². The molecule has 0 aromatic rings.